The number of hydrogen-bond acceptors (Lipinski definition) is 4. The van der Waals surface area contributed by atoms with E-state index in [2.05, 4.69) is 0 Å². The Morgan fingerprint density at radius 2 is 2.23 bits per heavy atom. The van der Waals surface area contributed by atoms with Gasteiger partial charge < -0.3 is 9.84 Å². The van der Waals surface area contributed by atoms with Crippen LogP contribution in [0.5, 0.6) is 0 Å². The first-order valence-corrected chi connectivity index (χ1v) is 5.74. The maximum atomic E-state index is 11.0. The Bertz CT molecular complexity index is 294. The van der Waals surface area contributed by atoms with Crippen molar-refractivity contribution in [2.45, 2.75) is 12.5 Å². The lowest BCUT2D eigenvalue weighted by atomic mass is 10.0. The van der Waals surface area contributed by atoms with Crippen molar-refractivity contribution in [1.29, 1.82) is 0 Å². The van der Waals surface area contributed by atoms with E-state index in [1.54, 1.807) is 0 Å². The highest BCUT2D eigenvalue weighted by molar-refractivity contribution is 7.91. The number of methoxy groups -OCH3 is 1. The molecule has 0 amide bonds. The minimum Gasteiger partial charge on any atom is -0.479 e. The molecule has 0 saturated carbocycles. The van der Waals surface area contributed by atoms with Gasteiger partial charge in [-0.1, -0.05) is 0 Å². The van der Waals surface area contributed by atoms with Crippen LogP contribution in [-0.4, -0.2) is 44.2 Å². The van der Waals surface area contributed by atoms with Crippen LogP contribution in [0.3, 0.4) is 0 Å². The Kier molecular flexibility index (Phi) is 2.92. The lowest BCUT2D eigenvalue weighted by Crippen LogP contribution is -2.32. The summed E-state index contributed by atoms with van der Waals surface area (Å²) >= 11 is 0. The number of rotatable bonds is 3. The fourth-order valence-corrected chi connectivity index (χ4v) is 3.38. The number of aliphatic carboxylic acids is 1. The molecule has 1 aliphatic rings. The molecule has 0 spiro atoms. The summed E-state index contributed by atoms with van der Waals surface area (Å²) in [6.07, 6.45) is -0.607. The molecule has 2 unspecified atom stereocenters. The molecule has 5 nitrogen and oxygen atoms in total. The van der Waals surface area contributed by atoms with Crippen LogP contribution in [0, 0.1) is 5.92 Å². The third-order valence-corrected chi connectivity index (χ3v) is 3.99. The van der Waals surface area contributed by atoms with Crippen molar-refractivity contribution in [2.24, 2.45) is 5.92 Å². The second-order valence-electron chi connectivity index (χ2n) is 3.16. The number of carboxylic acid groups (broad SMARTS) is 1. The molecule has 0 aromatic rings. The van der Waals surface area contributed by atoms with Crippen LogP contribution in [0.2, 0.25) is 0 Å². The Morgan fingerprint density at radius 1 is 1.62 bits per heavy atom. The zero-order chi connectivity index (χ0) is 10.1. The van der Waals surface area contributed by atoms with Gasteiger partial charge in [-0.25, -0.2) is 13.2 Å². The standard InChI is InChI=1S/C7H12O5S/c1-12-6(7(8)9)5-2-3-13(10,11)4-5/h5-6H,2-4H2,1H3,(H,8,9). The Balaban J connectivity index is 2.69. The van der Waals surface area contributed by atoms with Gasteiger partial charge in [0.15, 0.2) is 15.9 Å². The van der Waals surface area contributed by atoms with Gasteiger partial charge in [-0.05, 0) is 6.42 Å². The molecule has 0 bridgehead atoms. The summed E-state index contributed by atoms with van der Waals surface area (Å²) in [6.45, 7) is 0. The maximum absolute atomic E-state index is 11.0. The highest BCUT2D eigenvalue weighted by Gasteiger charge is 2.37. The van der Waals surface area contributed by atoms with Gasteiger partial charge in [0.05, 0.1) is 11.5 Å². The third kappa shape index (κ3) is 2.41. The summed E-state index contributed by atoms with van der Waals surface area (Å²) in [5.41, 5.74) is 0. The second-order valence-corrected chi connectivity index (χ2v) is 5.39. The van der Waals surface area contributed by atoms with E-state index in [9.17, 15) is 13.2 Å². The predicted molar refractivity (Wildman–Crippen MR) is 45.2 cm³/mol. The van der Waals surface area contributed by atoms with Crippen molar-refractivity contribution in [1.82, 2.24) is 0 Å². The fraction of sp³-hybridized carbons (Fsp3) is 0.857. The molecule has 0 aliphatic carbocycles. The zero-order valence-electron chi connectivity index (χ0n) is 7.26. The number of carbonyl (C=O) groups is 1. The van der Waals surface area contributed by atoms with Crippen LogP contribution in [0.25, 0.3) is 0 Å². The van der Waals surface area contributed by atoms with E-state index in [1.165, 1.54) is 7.11 Å². The number of ether oxygens (including phenoxy) is 1. The average Bonchev–Trinajstić information content (AvgIpc) is 2.31. The van der Waals surface area contributed by atoms with Crippen molar-refractivity contribution in [3.63, 3.8) is 0 Å². The summed E-state index contributed by atoms with van der Waals surface area (Å²) in [4.78, 5) is 10.6. The quantitative estimate of drug-likeness (QED) is 0.677. The van der Waals surface area contributed by atoms with Gasteiger partial charge >= 0.3 is 5.97 Å². The zero-order valence-corrected chi connectivity index (χ0v) is 8.08. The summed E-state index contributed by atoms with van der Waals surface area (Å²) in [5.74, 6) is -1.49. The number of carboxylic acids is 1. The topological polar surface area (TPSA) is 80.7 Å². The van der Waals surface area contributed by atoms with Gasteiger partial charge in [0.25, 0.3) is 0 Å². The van der Waals surface area contributed by atoms with E-state index >= 15 is 0 Å². The van der Waals surface area contributed by atoms with Gasteiger partial charge in [0.1, 0.15) is 0 Å². The SMILES string of the molecule is COC(C(=O)O)C1CCS(=O)(=O)C1. The molecular weight excluding hydrogens is 196 g/mol. The monoisotopic (exact) mass is 208 g/mol. The predicted octanol–water partition coefficient (Wildman–Crippen LogP) is -0.479. The molecule has 0 aromatic heterocycles. The summed E-state index contributed by atoms with van der Waals surface area (Å²) in [6, 6.07) is 0. The smallest absolute Gasteiger partial charge is 0.333 e. The van der Waals surface area contributed by atoms with Gasteiger partial charge in [-0.15, -0.1) is 0 Å². The first-order chi connectivity index (χ1) is 5.96. The normalized spacial score (nSPS) is 28.5. The molecule has 13 heavy (non-hydrogen) atoms. The highest BCUT2D eigenvalue weighted by Crippen LogP contribution is 2.23. The maximum Gasteiger partial charge on any atom is 0.333 e. The Hall–Kier alpha value is -0.620. The van der Waals surface area contributed by atoms with Crippen molar-refractivity contribution >= 4 is 15.8 Å². The Morgan fingerprint density at radius 3 is 2.54 bits per heavy atom. The van der Waals surface area contributed by atoms with Crippen molar-refractivity contribution in [3.05, 3.63) is 0 Å². The highest BCUT2D eigenvalue weighted by atomic mass is 32.2. The van der Waals surface area contributed by atoms with Gasteiger partial charge in [-0.2, -0.15) is 0 Å². The van der Waals surface area contributed by atoms with Gasteiger partial charge in [0, 0.05) is 13.0 Å². The molecule has 1 aliphatic heterocycles. The lowest BCUT2D eigenvalue weighted by molar-refractivity contribution is -0.151. The molecule has 1 saturated heterocycles. The lowest BCUT2D eigenvalue weighted by Gasteiger charge is -2.15. The van der Waals surface area contributed by atoms with E-state index in [1.807, 2.05) is 0 Å². The molecule has 76 valence electrons. The van der Waals surface area contributed by atoms with Gasteiger partial charge in [0.2, 0.25) is 0 Å². The van der Waals surface area contributed by atoms with Crippen LogP contribution < -0.4 is 0 Å². The first-order valence-electron chi connectivity index (χ1n) is 3.92. The molecule has 1 N–H and O–H groups in total. The molecular formula is C7H12O5S. The van der Waals surface area contributed by atoms with E-state index in [0.717, 1.165) is 0 Å². The first kappa shape index (κ1) is 10.5. The summed E-state index contributed by atoms with van der Waals surface area (Å²) in [7, 11) is -1.75. The van der Waals surface area contributed by atoms with Crippen molar-refractivity contribution in [2.75, 3.05) is 18.6 Å². The van der Waals surface area contributed by atoms with Crippen LogP contribution >= 0.6 is 0 Å². The Labute approximate surface area is 76.6 Å². The summed E-state index contributed by atoms with van der Waals surface area (Å²) in [5, 5.41) is 8.68. The van der Waals surface area contributed by atoms with Gasteiger partial charge in [-0.3, -0.25) is 0 Å². The average molecular weight is 208 g/mol. The minimum atomic E-state index is -3.03. The van der Waals surface area contributed by atoms with Crippen LogP contribution in [-0.2, 0) is 19.4 Å². The largest absolute Gasteiger partial charge is 0.479 e. The van der Waals surface area contributed by atoms with E-state index in [0.29, 0.717) is 6.42 Å². The van der Waals surface area contributed by atoms with Crippen molar-refractivity contribution in [3.8, 4) is 0 Å². The molecule has 2 atom stereocenters. The summed E-state index contributed by atoms with van der Waals surface area (Å²) < 4.78 is 26.8. The van der Waals surface area contributed by atoms with Crippen LogP contribution in [0.15, 0.2) is 0 Å². The number of sulfone groups is 1. The molecule has 1 rings (SSSR count). The second kappa shape index (κ2) is 3.63. The van der Waals surface area contributed by atoms with Crippen molar-refractivity contribution < 1.29 is 23.1 Å². The van der Waals surface area contributed by atoms with E-state index in [-0.39, 0.29) is 11.5 Å². The van der Waals surface area contributed by atoms with Crippen LogP contribution in [0.4, 0.5) is 0 Å². The molecule has 0 radical (unpaired) electrons. The molecule has 0 aromatic carbocycles. The molecule has 1 heterocycles. The fourth-order valence-electron chi connectivity index (χ4n) is 1.56. The number of hydrogen-bond donors (Lipinski definition) is 1. The minimum absolute atomic E-state index is 0.0716. The van der Waals surface area contributed by atoms with E-state index in [4.69, 9.17) is 9.84 Å². The molecule has 1 fully saturated rings. The molecule has 6 heteroatoms. The third-order valence-electron chi connectivity index (χ3n) is 2.19. The van der Waals surface area contributed by atoms with E-state index < -0.39 is 27.8 Å². The van der Waals surface area contributed by atoms with Crippen LogP contribution in [0.1, 0.15) is 6.42 Å².